The molecule has 2 nitrogen and oxygen atoms in total. The SMILES string of the molecule is CC(=O)C1NC1c1ccccc1. The van der Waals surface area contributed by atoms with Crippen LogP contribution in [0.2, 0.25) is 0 Å². The van der Waals surface area contributed by atoms with Crippen LogP contribution < -0.4 is 5.32 Å². The number of Topliss-reactive ketones (excluding diaryl/α,β-unsaturated/α-hetero) is 1. The predicted molar refractivity (Wildman–Crippen MR) is 46.8 cm³/mol. The van der Waals surface area contributed by atoms with Crippen molar-refractivity contribution in [2.45, 2.75) is 19.0 Å². The second-order valence-corrected chi connectivity index (χ2v) is 3.14. The minimum atomic E-state index is 0.0624. The Bertz CT molecular complexity index is 294. The summed E-state index contributed by atoms with van der Waals surface area (Å²) in [7, 11) is 0. The van der Waals surface area contributed by atoms with Crippen molar-refractivity contribution in [3.05, 3.63) is 35.9 Å². The monoisotopic (exact) mass is 161 g/mol. The highest BCUT2D eigenvalue weighted by molar-refractivity contribution is 5.85. The Balaban J connectivity index is 2.11. The van der Waals surface area contributed by atoms with Gasteiger partial charge in [0, 0.05) is 0 Å². The maximum Gasteiger partial charge on any atom is 0.148 e. The number of rotatable bonds is 2. The van der Waals surface area contributed by atoms with E-state index in [1.165, 1.54) is 5.56 Å². The first-order valence-corrected chi connectivity index (χ1v) is 4.10. The van der Waals surface area contributed by atoms with Gasteiger partial charge in [0.15, 0.2) is 0 Å². The maximum atomic E-state index is 10.9. The van der Waals surface area contributed by atoms with Gasteiger partial charge >= 0.3 is 0 Å². The van der Waals surface area contributed by atoms with Gasteiger partial charge in [0.25, 0.3) is 0 Å². The standard InChI is InChI=1S/C10H11NO/c1-7(12)9-10(11-9)8-5-3-2-4-6-8/h2-6,9-11H,1H3. The normalized spacial score (nSPS) is 26.8. The van der Waals surface area contributed by atoms with Gasteiger partial charge in [-0.25, -0.2) is 0 Å². The summed E-state index contributed by atoms with van der Waals surface area (Å²) in [4.78, 5) is 10.9. The van der Waals surface area contributed by atoms with Gasteiger partial charge in [-0.15, -0.1) is 0 Å². The summed E-state index contributed by atoms with van der Waals surface area (Å²) in [5.41, 5.74) is 1.21. The van der Waals surface area contributed by atoms with Crippen LogP contribution in [0.15, 0.2) is 30.3 Å². The smallest absolute Gasteiger partial charge is 0.148 e. The van der Waals surface area contributed by atoms with Gasteiger partial charge < -0.3 is 0 Å². The molecule has 0 radical (unpaired) electrons. The molecule has 62 valence electrons. The maximum absolute atomic E-state index is 10.9. The molecule has 0 amide bonds. The van der Waals surface area contributed by atoms with Crippen molar-refractivity contribution in [1.82, 2.24) is 5.32 Å². The lowest BCUT2D eigenvalue weighted by Crippen LogP contribution is -2.03. The Morgan fingerprint density at radius 3 is 2.50 bits per heavy atom. The number of carbonyl (C=O) groups excluding carboxylic acids is 1. The minimum Gasteiger partial charge on any atom is -0.298 e. The topological polar surface area (TPSA) is 39.0 Å². The van der Waals surface area contributed by atoms with E-state index in [-0.39, 0.29) is 17.9 Å². The Kier molecular flexibility index (Phi) is 1.70. The van der Waals surface area contributed by atoms with Gasteiger partial charge in [-0.05, 0) is 12.5 Å². The molecule has 1 saturated heterocycles. The van der Waals surface area contributed by atoms with Gasteiger partial charge in [0.1, 0.15) is 5.78 Å². The first-order chi connectivity index (χ1) is 5.79. The first kappa shape index (κ1) is 7.50. The highest BCUT2D eigenvalue weighted by Gasteiger charge is 2.40. The van der Waals surface area contributed by atoms with E-state index in [0.717, 1.165) is 0 Å². The molecular formula is C10H11NO. The molecule has 1 N–H and O–H groups in total. The van der Waals surface area contributed by atoms with Crippen molar-refractivity contribution in [3.8, 4) is 0 Å². The average molecular weight is 161 g/mol. The number of hydrogen-bond acceptors (Lipinski definition) is 2. The Morgan fingerprint density at radius 2 is 2.00 bits per heavy atom. The fraction of sp³-hybridized carbons (Fsp3) is 0.300. The summed E-state index contributed by atoms with van der Waals surface area (Å²) in [6.45, 7) is 1.63. The molecule has 0 aliphatic carbocycles. The number of nitrogens with one attached hydrogen (secondary N) is 1. The molecule has 12 heavy (non-hydrogen) atoms. The van der Waals surface area contributed by atoms with Crippen LogP contribution in [0.5, 0.6) is 0 Å². The minimum absolute atomic E-state index is 0.0624. The highest BCUT2D eigenvalue weighted by Crippen LogP contribution is 2.29. The highest BCUT2D eigenvalue weighted by atomic mass is 16.1. The Morgan fingerprint density at radius 1 is 1.33 bits per heavy atom. The van der Waals surface area contributed by atoms with E-state index in [4.69, 9.17) is 0 Å². The zero-order valence-corrected chi connectivity index (χ0v) is 6.95. The molecular weight excluding hydrogens is 150 g/mol. The molecule has 2 heteroatoms. The van der Waals surface area contributed by atoms with Crippen LogP contribution in [0.25, 0.3) is 0 Å². The number of hydrogen-bond donors (Lipinski definition) is 1. The van der Waals surface area contributed by atoms with Crippen LogP contribution >= 0.6 is 0 Å². The van der Waals surface area contributed by atoms with E-state index < -0.39 is 0 Å². The van der Waals surface area contributed by atoms with E-state index in [1.807, 2.05) is 30.3 Å². The molecule has 1 heterocycles. The summed E-state index contributed by atoms with van der Waals surface area (Å²) >= 11 is 0. The van der Waals surface area contributed by atoms with Crippen molar-refractivity contribution in [1.29, 1.82) is 0 Å². The van der Waals surface area contributed by atoms with Crippen molar-refractivity contribution in [2.75, 3.05) is 0 Å². The molecule has 0 saturated carbocycles. The van der Waals surface area contributed by atoms with Crippen molar-refractivity contribution >= 4 is 5.78 Å². The molecule has 2 atom stereocenters. The molecule has 1 aliphatic rings. The van der Waals surface area contributed by atoms with Crippen LogP contribution in [-0.2, 0) is 4.79 Å². The van der Waals surface area contributed by atoms with Crippen molar-refractivity contribution in [3.63, 3.8) is 0 Å². The van der Waals surface area contributed by atoms with Gasteiger partial charge in [-0.3, -0.25) is 10.1 Å². The summed E-state index contributed by atoms with van der Waals surface area (Å²) in [6.07, 6.45) is 0. The zero-order valence-electron chi connectivity index (χ0n) is 6.95. The summed E-state index contributed by atoms with van der Waals surface area (Å²) in [5, 5.41) is 3.13. The molecule has 1 aliphatic heterocycles. The second kappa shape index (κ2) is 2.72. The molecule has 0 bridgehead atoms. The van der Waals surface area contributed by atoms with Crippen LogP contribution in [0.4, 0.5) is 0 Å². The molecule has 1 aromatic rings. The van der Waals surface area contributed by atoms with E-state index in [1.54, 1.807) is 6.92 Å². The van der Waals surface area contributed by atoms with Crippen molar-refractivity contribution in [2.24, 2.45) is 0 Å². The third-order valence-corrected chi connectivity index (χ3v) is 2.18. The van der Waals surface area contributed by atoms with Gasteiger partial charge in [-0.1, -0.05) is 30.3 Å². The van der Waals surface area contributed by atoms with Crippen LogP contribution in [-0.4, -0.2) is 11.8 Å². The first-order valence-electron chi connectivity index (χ1n) is 4.10. The Labute approximate surface area is 71.6 Å². The van der Waals surface area contributed by atoms with Gasteiger partial charge in [-0.2, -0.15) is 0 Å². The van der Waals surface area contributed by atoms with E-state index >= 15 is 0 Å². The fourth-order valence-corrected chi connectivity index (χ4v) is 1.44. The third kappa shape index (κ3) is 1.25. The second-order valence-electron chi connectivity index (χ2n) is 3.14. The van der Waals surface area contributed by atoms with Crippen LogP contribution in [0, 0.1) is 0 Å². The molecule has 0 spiro atoms. The van der Waals surface area contributed by atoms with E-state index in [2.05, 4.69) is 5.32 Å². The number of ketones is 1. The van der Waals surface area contributed by atoms with Crippen LogP contribution in [0.3, 0.4) is 0 Å². The van der Waals surface area contributed by atoms with E-state index in [0.29, 0.717) is 0 Å². The third-order valence-electron chi connectivity index (χ3n) is 2.18. The number of carbonyl (C=O) groups is 1. The lowest BCUT2D eigenvalue weighted by Gasteiger charge is -1.93. The van der Waals surface area contributed by atoms with Gasteiger partial charge in [0.05, 0.1) is 12.1 Å². The summed E-state index contributed by atoms with van der Waals surface area (Å²) in [5.74, 6) is 0.226. The lowest BCUT2D eigenvalue weighted by molar-refractivity contribution is -0.116. The quantitative estimate of drug-likeness (QED) is 0.664. The largest absolute Gasteiger partial charge is 0.298 e. The molecule has 1 aromatic carbocycles. The lowest BCUT2D eigenvalue weighted by atomic mass is 10.1. The molecule has 1 fully saturated rings. The predicted octanol–water partition coefficient (Wildman–Crippen LogP) is 1.29. The fourth-order valence-electron chi connectivity index (χ4n) is 1.44. The summed E-state index contributed by atoms with van der Waals surface area (Å²) in [6, 6.07) is 10.4. The molecule has 2 unspecified atom stereocenters. The molecule has 2 rings (SSSR count). The van der Waals surface area contributed by atoms with Gasteiger partial charge in [0.2, 0.25) is 0 Å². The zero-order chi connectivity index (χ0) is 8.55. The van der Waals surface area contributed by atoms with Crippen molar-refractivity contribution < 1.29 is 4.79 Å². The average Bonchev–Trinajstić information content (AvgIpc) is 2.84. The Hall–Kier alpha value is -1.15. The molecule has 0 aromatic heterocycles. The van der Waals surface area contributed by atoms with E-state index in [9.17, 15) is 4.79 Å². The summed E-state index contributed by atoms with van der Waals surface area (Å²) < 4.78 is 0. The van der Waals surface area contributed by atoms with Crippen LogP contribution in [0.1, 0.15) is 18.5 Å². The number of benzene rings is 1.